The number of hydrogen-bond acceptors (Lipinski definition) is 8. The monoisotopic (exact) mass is 730 g/mol. The zero-order valence-electron chi connectivity index (χ0n) is 34.1. The topological polar surface area (TPSA) is 81.7 Å². The lowest BCUT2D eigenvalue weighted by molar-refractivity contribution is 0.00578. The van der Waals surface area contributed by atoms with Gasteiger partial charge in [-0.2, -0.15) is 0 Å². The van der Waals surface area contributed by atoms with Gasteiger partial charge in [-0.3, -0.25) is 0 Å². The third-order valence-corrected chi connectivity index (χ3v) is 12.3. The zero-order chi connectivity index (χ0) is 39.1. The van der Waals surface area contributed by atoms with Gasteiger partial charge in [0, 0.05) is 21.5 Å². The van der Waals surface area contributed by atoms with Crippen LogP contribution >= 0.6 is 0 Å². The fourth-order valence-corrected chi connectivity index (χ4v) is 6.92. The molecule has 0 amide bonds. The number of aryl methyl sites for hydroxylation is 1. The van der Waals surface area contributed by atoms with Crippen molar-refractivity contribution >= 4 is 70.5 Å². The van der Waals surface area contributed by atoms with E-state index >= 15 is 0 Å². The molecular weight excluding hydrogens is 677 g/mol. The molecule has 9 rings (SSSR count). The van der Waals surface area contributed by atoms with Gasteiger partial charge in [-0.05, 0) is 125 Å². The smallest absolute Gasteiger partial charge is 0.456 e. The Labute approximate surface area is 320 Å². The van der Waals surface area contributed by atoms with Crippen LogP contribution in [-0.2, 0) is 27.9 Å². The van der Waals surface area contributed by atoms with Crippen LogP contribution in [0.4, 0.5) is 0 Å². The predicted molar refractivity (Wildman–Crippen MR) is 220 cm³/mol. The highest BCUT2D eigenvalue weighted by molar-refractivity contribution is 7.11. The number of para-hydroxylation sites is 2. The van der Waals surface area contributed by atoms with Crippen molar-refractivity contribution in [3.8, 4) is 0 Å². The lowest BCUT2D eigenvalue weighted by atomic mass is 9.49. The van der Waals surface area contributed by atoms with Crippen molar-refractivity contribution < 1.29 is 36.8 Å². The van der Waals surface area contributed by atoms with E-state index in [-0.39, 0.29) is 40.7 Å². The van der Waals surface area contributed by atoms with Gasteiger partial charge in [0.1, 0.15) is 22.3 Å². The van der Waals surface area contributed by atoms with Gasteiger partial charge in [-0.15, -0.1) is 0 Å². The average molecular weight is 730 g/mol. The molecule has 0 N–H and O–H groups in total. The summed E-state index contributed by atoms with van der Waals surface area (Å²) in [5, 5.41) is 4.63. The summed E-state index contributed by atoms with van der Waals surface area (Å²) in [6.07, 6.45) is 0. The van der Waals surface area contributed by atoms with E-state index in [9.17, 15) is 0 Å². The number of hydrogen-bond donors (Lipinski definition) is 0. The standard InChI is InChI=1S/C18H19BO3.C13H10O.C12H24B2O4/c1-17(2)18(3,4)22-19(21-17)13-9-7-11-15-16(13)12-8-5-6-10-14(12)20-15;1-9-5-4-8-12-13(9)10-6-2-3-7-11(10)14-12;1-9(2)10(3,4)16-13(15-9)14-17-11(5,6)12(7,8)18-14/h5-11H,1-4H3;2-8H,1H3;1-8H3. The second kappa shape index (κ2) is 13.3. The van der Waals surface area contributed by atoms with Crippen LogP contribution in [0, 0.1) is 6.92 Å². The van der Waals surface area contributed by atoms with Crippen LogP contribution in [0.1, 0.15) is 88.6 Å². The summed E-state index contributed by atoms with van der Waals surface area (Å²) in [5.41, 5.74) is 3.87. The Bertz CT molecular complexity index is 2240. The second-order valence-electron chi connectivity index (χ2n) is 17.7. The molecule has 0 unspecified atom stereocenters. The van der Waals surface area contributed by atoms with E-state index in [2.05, 4.69) is 58.9 Å². The number of furan rings is 2. The second-order valence-corrected chi connectivity index (χ2v) is 17.7. The SMILES string of the molecule is CC1(C)OB(B2OC(C)(C)C(C)(C)O2)OC1(C)C.CC1(C)OB(c2cccc3oc4ccccc4c23)OC1(C)C.Cc1cccc2oc3ccccc3c12. The molecule has 5 heterocycles. The van der Waals surface area contributed by atoms with Crippen LogP contribution in [0.3, 0.4) is 0 Å². The summed E-state index contributed by atoms with van der Waals surface area (Å²) in [5.74, 6) is 0. The lowest BCUT2D eigenvalue weighted by Gasteiger charge is -2.32. The summed E-state index contributed by atoms with van der Waals surface area (Å²) in [4.78, 5) is 0. The van der Waals surface area contributed by atoms with Crippen LogP contribution < -0.4 is 5.46 Å². The molecule has 0 spiro atoms. The predicted octanol–water partition coefficient (Wildman–Crippen LogP) is 10.0. The Hall–Kier alpha value is -3.57. The summed E-state index contributed by atoms with van der Waals surface area (Å²) >= 11 is 0. The van der Waals surface area contributed by atoms with Crippen molar-refractivity contribution in [3.05, 3.63) is 90.5 Å². The summed E-state index contributed by atoms with van der Waals surface area (Å²) in [7, 11) is -1.33. The molecule has 6 aromatic rings. The van der Waals surface area contributed by atoms with Crippen molar-refractivity contribution in [1.82, 2.24) is 0 Å². The molecular formula is C43H53B3O8. The zero-order valence-corrected chi connectivity index (χ0v) is 34.1. The van der Waals surface area contributed by atoms with Gasteiger partial charge < -0.3 is 36.8 Å². The molecule has 8 nitrogen and oxygen atoms in total. The Kier molecular flexibility index (Phi) is 9.52. The van der Waals surface area contributed by atoms with Gasteiger partial charge in [-0.1, -0.05) is 60.7 Å². The minimum Gasteiger partial charge on any atom is -0.456 e. The van der Waals surface area contributed by atoms with Gasteiger partial charge in [0.05, 0.1) is 33.6 Å². The molecule has 54 heavy (non-hydrogen) atoms. The molecule has 282 valence electrons. The minimum atomic E-state index is -0.476. The first-order valence-electron chi connectivity index (χ1n) is 19.0. The van der Waals surface area contributed by atoms with Gasteiger partial charge in [0.15, 0.2) is 0 Å². The molecule has 0 radical (unpaired) electrons. The first-order chi connectivity index (χ1) is 25.1. The maximum Gasteiger partial charge on any atom is 0.495 e. The molecule has 2 aromatic heterocycles. The van der Waals surface area contributed by atoms with E-state index in [4.69, 9.17) is 36.8 Å². The van der Waals surface area contributed by atoms with E-state index in [0.29, 0.717) is 0 Å². The molecule has 0 aliphatic carbocycles. The summed E-state index contributed by atoms with van der Waals surface area (Å²) in [6.45, 7) is 26.6. The first kappa shape index (κ1) is 38.7. The molecule has 0 atom stereocenters. The Balaban J connectivity index is 0.000000128. The number of benzene rings is 4. The molecule has 3 saturated heterocycles. The maximum atomic E-state index is 6.21. The van der Waals surface area contributed by atoms with Crippen molar-refractivity contribution in [1.29, 1.82) is 0 Å². The van der Waals surface area contributed by atoms with Crippen molar-refractivity contribution in [2.24, 2.45) is 0 Å². The van der Waals surface area contributed by atoms with Crippen molar-refractivity contribution in [3.63, 3.8) is 0 Å². The first-order valence-corrected chi connectivity index (χ1v) is 19.0. The highest BCUT2D eigenvalue weighted by Gasteiger charge is 2.63. The van der Waals surface area contributed by atoms with Crippen LogP contribution in [0.5, 0.6) is 0 Å². The molecule has 4 aromatic carbocycles. The molecule has 3 aliphatic heterocycles. The largest absolute Gasteiger partial charge is 0.495 e. The lowest BCUT2D eigenvalue weighted by Crippen LogP contribution is -2.41. The van der Waals surface area contributed by atoms with Crippen LogP contribution in [0.2, 0.25) is 0 Å². The van der Waals surface area contributed by atoms with Crippen molar-refractivity contribution in [2.75, 3.05) is 0 Å². The van der Waals surface area contributed by atoms with E-state index < -0.39 is 14.0 Å². The van der Waals surface area contributed by atoms with E-state index in [1.165, 1.54) is 16.3 Å². The average Bonchev–Trinajstić information content (AvgIpc) is 3.82. The van der Waals surface area contributed by atoms with Gasteiger partial charge in [0.25, 0.3) is 0 Å². The summed E-state index contributed by atoms with van der Waals surface area (Å²) < 4.78 is 48.0. The van der Waals surface area contributed by atoms with E-state index in [1.54, 1.807) is 0 Å². The third-order valence-electron chi connectivity index (χ3n) is 12.3. The fraction of sp³-hybridized carbons (Fsp3) is 0.442. The highest BCUT2D eigenvalue weighted by Crippen LogP contribution is 2.43. The van der Waals surface area contributed by atoms with Crippen LogP contribution in [0.15, 0.2) is 93.8 Å². The fourth-order valence-electron chi connectivity index (χ4n) is 6.92. The minimum absolute atomic E-state index is 0.348. The van der Waals surface area contributed by atoms with Gasteiger partial charge in [0.2, 0.25) is 0 Å². The molecule has 3 fully saturated rings. The van der Waals surface area contributed by atoms with Gasteiger partial charge >= 0.3 is 21.1 Å². The maximum absolute atomic E-state index is 6.21. The molecule has 11 heteroatoms. The summed E-state index contributed by atoms with van der Waals surface area (Å²) in [6, 6.07) is 28.4. The van der Waals surface area contributed by atoms with Crippen molar-refractivity contribution in [2.45, 2.75) is 124 Å². The van der Waals surface area contributed by atoms with Gasteiger partial charge in [-0.25, -0.2) is 0 Å². The third kappa shape index (κ3) is 6.71. The Morgan fingerprint density at radius 1 is 0.370 bits per heavy atom. The van der Waals surface area contributed by atoms with Crippen LogP contribution in [-0.4, -0.2) is 54.7 Å². The number of rotatable bonds is 2. The highest BCUT2D eigenvalue weighted by atomic mass is 16.7. The Morgan fingerprint density at radius 3 is 1.19 bits per heavy atom. The van der Waals surface area contributed by atoms with Crippen LogP contribution in [0.25, 0.3) is 43.9 Å². The quantitative estimate of drug-likeness (QED) is 0.163. The normalized spacial score (nSPS) is 21.8. The molecule has 0 saturated carbocycles. The van der Waals surface area contributed by atoms with E-state index in [0.717, 1.165) is 38.6 Å². The molecule has 3 aliphatic rings. The van der Waals surface area contributed by atoms with E-state index in [1.807, 2.05) is 116 Å². The molecule has 0 bridgehead atoms. The Morgan fingerprint density at radius 2 is 0.722 bits per heavy atom. The number of fused-ring (bicyclic) bond motifs is 6.